The van der Waals surface area contributed by atoms with E-state index < -0.39 is 0 Å². The third-order valence-electron chi connectivity index (χ3n) is 9.71. The van der Waals surface area contributed by atoms with Crippen LogP contribution in [0.4, 0.5) is 0 Å². The number of nitrogens with zero attached hydrogens (tertiary/aromatic N) is 6. The molecule has 53 heavy (non-hydrogen) atoms. The van der Waals surface area contributed by atoms with Gasteiger partial charge < -0.3 is 9.97 Å². The molecule has 9 heteroatoms. The van der Waals surface area contributed by atoms with Crippen LogP contribution in [-0.4, -0.2) is 19.9 Å². The summed E-state index contributed by atoms with van der Waals surface area (Å²) in [5.41, 5.74) is 16.0. The fourth-order valence-corrected chi connectivity index (χ4v) is 7.03. The molecule has 2 aliphatic rings. The number of fused-ring (bicyclic) bond motifs is 8. The molecular formula is C44H38MnN8+7. The Morgan fingerprint density at radius 2 is 0.906 bits per heavy atom. The van der Waals surface area contributed by atoms with Gasteiger partial charge in [0.25, 0.3) is 0 Å². The van der Waals surface area contributed by atoms with Crippen molar-refractivity contribution in [1.29, 1.82) is 0 Å². The Labute approximate surface area is 318 Å². The van der Waals surface area contributed by atoms with Crippen LogP contribution in [0.5, 0.6) is 0 Å². The zero-order valence-corrected chi connectivity index (χ0v) is 31.1. The van der Waals surface area contributed by atoms with Crippen molar-refractivity contribution in [2.24, 2.45) is 28.2 Å². The van der Waals surface area contributed by atoms with Crippen LogP contribution in [0.25, 0.3) is 79.2 Å². The van der Waals surface area contributed by atoms with Crippen LogP contribution in [0.1, 0.15) is 28.3 Å². The summed E-state index contributed by atoms with van der Waals surface area (Å²) in [5.74, 6) is 0. The Morgan fingerprint density at radius 3 is 1.45 bits per heavy atom. The monoisotopic (exact) mass is 733 g/mol. The van der Waals surface area contributed by atoms with Crippen molar-refractivity contribution in [2.45, 2.75) is 0 Å². The van der Waals surface area contributed by atoms with Gasteiger partial charge in [0, 0.05) is 87.3 Å². The van der Waals surface area contributed by atoms with Crippen molar-refractivity contribution in [2.75, 3.05) is 0 Å². The third kappa shape index (κ3) is 6.53. The number of aryl methyl sites for hydroxylation is 4. The average molecular weight is 734 g/mol. The standard InChI is InChI=1S/C44H36N8.Mn/c1-49-17-9-29(10-18-49)38-27-37-26-35-6-5-33(45-35)25-34-7-8-36(46-34)28-39-40(30-11-19-50(2)20-12-30)41(31-13-21-51(3)22-14-31)44(48-39)42(43(38)47-37)32-15-23-52(4)24-16-32;/h5-28H,1-4H3;/q+2;+3/p+2. The van der Waals surface area contributed by atoms with Crippen molar-refractivity contribution in [3.05, 3.63) is 157 Å². The molecule has 9 rings (SSSR count). The van der Waals surface area contributed by atoms with Crippen LogP contribution >= 0.6 is 0 Å². The van der Waals surface area contributed by atoms with Gasteiger partial charge in [0.1, 0.15) is 28.2 Å². The fourth-order valence-electron chi connectivity index (χ4n) is 7.03. The predicted molar refractivity (Wildman–Crippen MR) is 204 cm³/mol. The van der Waals surface area contributed by atoms with Crippen LogP contribution in [0.2, 0.25) is 0 Å². The first kappa shape index (κ1) is 33.8. The maximum absolute atomic E-state index is 5.47. The van der Waals surface area contributed by atoms with Crippen molar-refractivity contribution >= 4 is 45.9 Å². The van der Waals surface area contributed by atoms with Gasteiger partial charge in [-0.25, -0.2) is 28.2 Å². The predicted octanol–water partition coefficient (Wildman–Crippen LogP) is 6.37. The Balaban J connectivity index is 0.00000400. The molecular weight excluding hydrogens is 695 g/mol. The second kappa shape index (κ2) is 13.7. The van der Waals surface area contributed by atoms with Crippen molar-refractivity contribution < 1.29 is 35.3 Å². The maximum atomic E-state index is 5.47. The first-order valence-corrected chi connectivity index (χ1v) is 17.4. The topological polar surface area (TPSA) is 72.9 Å². The minimum atomic E-state index is 0. The van der Waals surface area contributed by atoms with Crippen LogP contribution in [-0.2, 0) is 45.3 Å². The van der Waals surface area contributed by atoms with Crippen LogP contribution in [0, 0.1) is 0 Å². The summed E-state index contributed by atoms with van der Waals surface area (Å²) in [6.45, 7) is 0. The molecule has 7 aromatic heterocycles. The Bertz CT molecular complexity index is 2740. The molecule has 2 N–H and O–H groups in total. The molecule has 9 heterocycles. The van der Waals surface area contributed by atoms with E-state index in [0.29, 0.717) is 0 Å². The molecule has 8 bridgehead atoms. The van der Waals surface area contributed by atoms with Gasteiger partial charge in [-0.15, -0.1) is 0 Å². The van der Waals surface area contributed by atoms with E-state index in [1.54, 1.807) is 0 Å². The van der Waals surface area contributed by atoms with Gasteiger partial charge in [0.15, 0.2) is 49.6 Å². The van der Waals surface area contributed by atoms with E-state index in [2.05, 4.69) is 175 Å². The van der Waals surface area contributed by atoms with E-state index in [4.69, 9.17) is 9.97 Å². The summed E-state index contributed by atoms with van der Waals surface area (Å²) in [6, 6.07) is 28.0. The number of aromatic nitrogens is 8. The SMILES string of the molecule is C[n+]1ccc(C2=Cc3cc4ccc(cc5nc(cc6[nH]c(c(-c7cc[n+](C)cc7)c2n3)c(-c2cc[n+](C)cc2)c6-c2cc[n+](C)cc2)C=C5)[nH]4)cc1.[Mn+3]. The van der Waals surface area contributed by atoms with Gasteiger partial charge >= 0.3 is 17.1 Å². The minimum absolute atomic E-state index is 0. The number of H-pyrrole nitrogens is 2. The Morgan fingerprint density at radius 1 is 0.453 bits per heavy atom. The number of pyridine rings is 4. The largest absolute Gasteiger partial charge is 3.00 e. The Kier molecular flexibility index (Phi) is 8.74. The van der Waals surface area contributed by atoms with Gasteiger partial charge in [-0.05, 0) is 70.8 Å². The van der Waals surface area contributed by atoms with E-state index in [1.807, 2.05) is 28.2 Å². The summed E-state index contributed by atoms with van der Waals surface area (Å²) < 4.78 is 8.26. The molecule has 0 unspecified atom stereocenters. The molecule has 0 amide bonds. The maximum Gasteiger partial charge on any atom is 3.00 e. The molecule has 0 fully saturated rings. The number of hydrogen-bond donors (Lipinski definition) is 2. The smallest absolute Gasteiger partial charge is 0.355 e. The van der Waals surface area contributed by atoms with Crippen LogP contribution < -0.4 is 18.3 Å². The zero-order chi connectivity index (χ0) is 35.3. The number of hydrogen-bond acceptors (Lipinski definition) is 2. The van der Waals surface area contributed by atoms with Crippen molar-refractivity contribution in [1.82, 2.24) is 19.9 Å². The molecule has 0 spiro atoms. The summed E-state index contributed by atoms with van der Waals surface area (Å²) in [6.07, 6.45) is 23.1. The molecule has 7 aromatic rings. The summed E-state index contributed by atoms with van der Waals surface area (Å²) in [5, 5.41) is 0. The molecule has 0 atom stereocenters. The van der Waals surface area contributed by atoms with E-state index in [0.717, 1.165) is 89.4 Å². The molecule has 254 valence electrons. The molecule has 0 aliphatic carbocycles. The van der Waals surface area contributed by atoms with E-state index in [-0.39, 0.29) is 17.1 Å². The number of rotatable bonds is 4. The van der Waals surface area contributed by atoms with Crippen LogP contribution in [0.3, 0.4) is 0 Å². The summed E-state index contributed by atoms with van der Waals surface area (Å²) in [4.78, 5) is 18.1. The summed E-state index contributed by atoms with van der Waals surface area (Å²) >= 11 is 0. The minimum Gasteiger partial charge on any atom is -0.355 e. The summed E-state index contributed by atoms with van der Waals surface area (Å²) in [7, 11) is 8.18. The van der Waals surface area contributed by atoms with E-state index >= 15 is 0 Å². The number of aromatic amines is 2. The normalized spacial score (nSPS) is 12.0. The van der Waals surface area contributed by atoms with Gasteiger partial charge in [-0.3, -0.25) is 0 Å². The van der Waals surface area contributed by atoms with E-state index in [1.165, 1.54) is 0 Å². The fraction of sp³-hybridized carbons (Fsp3) is 0.0909. The number of nitrogens with one attached hydrogen (secondary N) is 2. The van der Waals surface area contributed by atoms with Crippen molar-refractivity contribution in [3.8, 4) is 33.4 Å². The van der Waals surface area contributed by atoms with Gasteiger partial charge in [0.2, 0.25) is 0 Å². The van der Waals surface area contributed by atoms with E-state index in [9.17, 15) is 0 Å². The third-order valence-corrected chi connectivity index (χ3v) is 9.71. The Hall–Kier alpha value is -6.28. The zero-order valence-electron chi connectivity index (χ0n) is 29.9. The molecule has 0 saturated carbocycles. The first-order chi connectivity index (χ1) is 25.3. The quantitative estimate of drug-likeness (QED) is 0.163. The van der Waals surface area contributed by atoms with Crippen molar-refractivity contribution in [3.63, 3.8) is 0 Å². The molecule has 2 aliphatic heterocycles. The molecule has 0 aromatic carbocycles. The molecule has 8 nitrogen and oxygen atoms in total. The van der Waals surface area contributed by atoms with Gasteiger partial charge in [0.05, 0.1) is 28.3 Å². The second-order valence-corrected chi connectivity index (χ2v) is 13.6. The van der Waals surface area contributed by atoms with Crippen LogP contribution in [0.15, 0.2) is 128 Å². The first-order valence-electron chi connectivity index (χ1n) is 17.4. The molecule has 0 radical (unpaired) electrons. The molecule has 0 saturated heterocycles. The van der Waals surface area contributed by atoms with Gasteiger partial charge in [-0.1, -0.05) is 0 Å². The van der Waals surface area contributed by atoms with Gasteiger partial charge in [-0.2, -0.15) is 0 Å². The average Bonchev–Trinajstić information content (AvgIpc) is 3.95. The second-order valence-electron chi connectivity index (χ2n) is 13.6.